The molecule has 2 aromatic rings. The van der Waals surface area contributed by atoms with Gasteiger partial charge in [-0.15, -0.1) is 35.7 Å². The Morgan fingerprint density at radius 2 is 1.89 bits per heavy atom. The van der Waals surface area contributed by atoms with Crippen LogP contribution in [-0.4, -0.2) is 44.6 Å². The zero-order valence-electron chi connectivity index (χ0n) is 16.8. The molecule has 1 heterocycles. The second kappa shape index (κ2) is 13.6. The van der Waals surface area contributed by atoms with Crippen LogP contribution in [0.1, 0.15) is 16.7 Å². The van der Waals surface area contributed by atoms with Crippen molar-refractivity contribution >= 4 is 41.7 Å². The van der Waals surface area contributed by atoms with Gasteiger partial charge in [0.05, 0.1) is 6.61 Å². The van der Waals surface area contributed by atoms with Crippen molar-refractivity contribution in [2.75, 3.05) is 33.6 Å². The largest absolute Gasteiger partial charge is 0.475 e. The fourth-order valence-corrected chi connectivity index (χ4v) is 3.19. The van der Waals surface area contributed by atoms with Gasteiger partial charge in [0.1, 0.15) is 6.61 Å². The number of guanidine groups is 1. The van der Waals surface area contributed by atoms with Gasteiger partial charge < -0.3 is 20.1 Å². The fourth-order valence-electron chi connectivity index (χ4n) is 2.49. The highest BCUT2D eigenvalue weighted by Gasteiger charge is 2.07. The molecule has 1 aromatic heterocycles. The van der Waals surface area contributed by atoms with E-state index in [4.69, 9.17) is 9.47 Å². The summed E-state index contributed by atoms with van der Waals surface area (Å²) in [7, 11) is 3.41. The Bertz CT molecular complexity index is 759. The van der Waals surface area contributed by atoms with E-state index in [2.05, 4.69) is 52.0 Å². The number of nitrogens with one attached hydrogen (secondary N) is 2. The van der Waals surface area contributed by atoms with Crippen molar-refractivity contribution in [3.05, 3.63) is 53.2 Å². The first-order valence-corrected chi connectivity index (χ1v) is 10.0. The molecule has 0 radical (unpaired) electrons. The standard InChI is InChI=1S/C20H28N4O2S.HI/c1-15-7-8-16(18(12-15)27-4)13-23-20(21-2)24-14-17-6-5-9-22-19(17)26-11-10-25-3;/h5-9,12H,10-11,13-14H2,1-4H3,(H2,21,23,24);1H. The second-order valence-electron chi connectivity index (χ2n) is 5.90. The van der Waals surface area contributed by atoms with Crippen molar-refractivity contribution < 1.29 is 9.47 Å². The van der Waals surface area contributed by atoms with Crippen molar-refractivity contribution in [2.45, 2.75) is 24.9 Å². The summed E-state index contributed by atoms with van der Waals surface area (Å²) < 4.78 is 10.7. The van der Waals surface area contributed by atoms with Crippen LogP contribution in [0.25, 0.3) is 0 Å². The normalized spacial score (nSPS) is 10.9. The first kappa shape index (κ1) is 24.5. The molecule has 0 aliphatic rings. The van der Waals surface area contributed by atoms with Crippen LogP contribution < -0.4 is 15.4 Å². The number of pyridine rings is 1. The Labute approximate surface area is 188 Å². The molecule has 0 fully saturated rings. The smallest absolute Gasteiger partial charge is 0.218 e. The number of hydrogen-bond donors (Lipinski definition) is 2. The van der Waals surface area contributed by atoms with Gasteiger partial charge in [0.25, 0.3) is 0 Å². The molecular formula is C20H29IN4O2S. The lowest BCUT2D eigenvalue weighted by atomic mass is 10.1. The molecule has 0 aliphatic carbocycles. The van der Waals surface area contributed by atoms with Gasteiger partial charge in [-0.05, 0) is 36.4 Å². The van der Waals surface area contributed by atoms with E-state index in [0.717, 1.165) is 11.5 Å². The number of benzene rings is 1. The Morgan fingerprint density at radius 1 is 1.14 bits per heavy atom. The van der Waals surface area contributed by atoms with E-state index in [1.807, 2.05) is 12.1 Å². The molecular weight excluding hydrogens is 487 g/mol. The van der Waals surface area contributed by atoms with Gasteiger partial charge in [0.2, 0.25) is 5.88 Å². The molecule has 6 nitrogen and oxygen atoms in total. The number of aromatic nitrogens is 1. The van der Waals surface area contributed by atoms with Gasteiger partial charge in [-0.25, -0.2) is 4.98 Å². The molecule has 2 N–H and O–H groups in total. The highest BCUT2D eigenvalue weighted by molar-refractivity contribution is 14.0. The van der Waals surface area contributed by atoms with Gasteiger partial charge in [-0.2, -0.15) is 0 Å². The van der Waals surface area contributed by atoms with Crippen LogP contribution in [0, 0.1) is 6.92 Å². The predicted molar refractivity (Wildman–Crippen MR) is 127 cm³/mol. The van der Waals surface area contributed by atoms with E-state index in [1.54, 1.807) is 32.1 Å². The van der Waals surface area contributed by atoms with Crippen molar-refractivity contribution in [3.63, 3.8) is 0 Å². The number of ether oxygens (including phenoxy) is 2. The quantitative estimate of drug-likeness (QED) is 0.175. The van der Waals surface area contributed by atoms with Crippen LogP contribution in [0.5, 0.6) is 5.88 Å². The molecule has 1 aromatic carbocycles. The number of nitrogens with zero attached hydrogens (tertiary/aromatic N) is 2. The summed E-state index contributed by atoms with van der Waals surface area (Å²) in [5, 5.41) is 6.68. The Balaban J connectivity index is 0.00000392. The number of rotatable bonds is 9. The Kier molecular flexibility index (Phi) is 11.9. The topological polar surface area (TPSA) is 67.8 Å². The van der Waals surface area contributed by atoms with Crippen LogP contribution in [-0.2, 0) is 17.8 Å². The highest BCUT2D eigenvalue weighted by Crippen LogP contribution is 2.21. The maximum Gasteiger partial charge on any atom is 0.218 e. The zero-order valence-corrected chi connectivity index (χ0v) is 20.0. The SMILES string of the molecule is CN=C(NCc1ccc(C)cc1SC)NCc1cccnc1OCCOC.I. The van der Waals surface area contributed by atoms with Crippen LogP contribution in [0.4, 0.5) is 0 Å². The summed E-state index contributed by atoms with van der Waals surface area (Å²) in [6.07, 6.45) is 3.82. The van der Waals surface area contributed by atoms with Crippen LogP contribution in [0.2, 0.25) is 0 Å². The third-order valence-corrected chi connectivity index (χ3v) is 4.75. The maximum absolute atomic E-state index is 5.68. The predicted octanol–water partition coefficient (Wildman–Crippen LogP) is 3.62. The molecule has 0 amide bonds. The summed E-state index contributed by atoms with van der Waals surface area (Å²) >= 11 is 1.76. The lowest BCUT2D eigenvalue weighted by Gasteiger charge is -2.15. The summed E-state index contributed by atoms with van der Waals surface area (Å²) in [6, 6.07) is 10.4. The molecule has 0 aliphatic heterocycles. The molecule has 154 valence electrons. The number of aryl methyl sites for hydroxylation is 1. The lowest BCUT2D eigenvalue weighted by molar-refractivity contribution is 0.143. The fraction of sp³-hybridized carbons (Fsp3) is 0.400. The van der Waals surface area contributed by atoms with Crippen LogP contribution >= 0.6 is 35.7 Å². The van der Waals surface area contributed by atoms with Gasteiger partial charge >= 0.3 is 0 Å². The molecule has 0 spiro atoms. The number of hydrogen-bond acceptors (Lipinski definition) is 5. The minimum absolute atomic E-state index is 0. The molecule has 0 saturated carbocycles. The maximum atomic E-state index is 5.68. The van der Waals surface area contributed by atoms with E-state index in [-0.39, 0.29) is 24.0 Å². The summed E-state index contributed by atoms with van der Waals surface area (Å²) in [5.41, 5.74) is 3.49. The van der Waals surface area contributed by atoms with Crippen LogP contribution in [0.3, 0.4) is 0 Å². The van der Waals surface area contributed by atoms with Gasteiger partial charge in [-0.1, -0.05) is 18.2 Å². The molecule has 0 atom stereocenters. The summed E-state index contributed by atoms with van der Waals surface area (Å²) in [6.45, 7) is 4.39. The van der Waals surface area contributed by atoms with Crippen molar-refractivity contribution in [3.8, 4) is 5.88 Å². The Morgan fingerprint density at radius 3 is 2.57 bits per heavy atom. The second-order valence-corrected chi connectivity index (χ2v) is 6.75. The van der Waals surface area contributed by atoms with Gasteiger partial charge in [-0.3, -0.25) is 4.99 Å². The molecule has 8 heteroatoms. The number of methoxy groups -OCH3 is 1. The molecule has 0 unspecified atom stereocenters. The van der Waals surface area contributed by atoms with E-state index in [9.17, 15) is 0 Å². The number of thioether (sulfide) groups is 1. The zero-order chi connectivity index (χ0) is 19.5. The van der Waals surface area contributed by atoms with E-state index in [1.165, 1.54) is 16.0 Å². The summed E-state index contributed by atoms with van der Waals surface area (Å²) in [4.78, 5) is 9.88. The number of halogens is 1. The third kappa shape index (κ3) is 7.84. The molecule has 28 heavy (non-hydrogen) atoms. The van der Waals surface area contributed by atoms with E-state index >= 15 is 0 Å². The first-order valence-electron chi connectivity index (χ1n) is 8.81. The lowest BCUT2D eigenvalue weighted by Crippen LogP contribution is -2.36. The summed E-state index contributed by atoms with van der Waals surface area (Å²) in [5.74, 6) is 1.34. The monoisotopic (exact) mass is 516 g/mol. The molecule has 0 saturated heterocycles. The minimum Gasteiger partial charge on any atom is -0.475 e. The molecule has 0 bridgehead atoms. The van der Waals surface area contributed by atoms with Crippen LogP contribution in [0.15, 0.2) is 46.4 Å². The average molecular weight is 516 g/mol. The van der Waals surface area contributed by atoms with Crippen molar-refractivity contribution in [1.82, 2.24) is 15.6 Å². The van der Waals surface area contributed by atoms with Crippen molar-refractivity contribution in [2.24, 2.45) is 4.99 Å². The van der Waals surface area contributed by atoms with Crippen molar-refractivity contribution in [1.29, 1.82) is 0 Å². The number of aliphatic imine (C=N–C) groups is 1. The Hall–Kier alpha value is -1.52. The first-order chi connectivity index (χ1) is 13.2. The molecule has 2 rings (SSSR count). The van der Waals surface area contributed by atoms with Gasteiger partial charge in [0.15, 0.2) is 5.96 Å². The minimum atomic E-state index is 0. The third-order valence-electron chi connectivity index (χ3n) is 3.93. The van der Waals surface area contributed by atoms with E-state index < -0.39 is 0 Å². The average Bonchev–Trinajstić information content (AvgIpc) is 2.70. The highest BCUT2D eigenvalue weighted by atomic mass is 127. The van der Waals surface area contributed by atoms with E-state index in [0.29, 0.717) is 32.2 Å². The van der Waals surface area contributed by atoms with Gasteiger partial charge in [0, 0.05) is 43.9 Å².